The van der Waals surface area contributed by atoms with E-state index in [1.165, 1.54) is 32.5 Å². The molecular weight excluding hydrogens is 395 g/mol. The van der Waals surface area contributed by atoms with E-state index in [9.17, 15) is 0 Å². The molecule has 1 saturated heterocycles. The zero-order valence-electron chi connectivity index (χ0n) is 14.0. The number of nitrogens with one attached hydrogen (secondary N) is 2. The second-order valence-corrected chi connectivity index (χ2v) is 6.96. The zero-order valence-corrected chi connectivity index (χ0v) is 17.2. The highest BCUT2D eigenvalue weighted by Crippen LogP contribution is 2.20. The maximum Gasteiger partial charge on any atom is 0.191 e. The van der Waals surface area contributed by atoms with E-state index >= 15 is 0 Å². The number of hydrogen-bond acceptors (Lipinski definition) is 3. The summed E-state index contributed by atoms with van der Waals surface area (Å²) in [6.45, 7) is 10.5. The summed E-state index contributed by atoms with van der Waals surface area (Å²) < 4.78 is 0. The van der Waals surface area contributed by atoms with Gasteiger partial charge in [-0.1, -0.05) is 13.8 Å². The second-order valence-electron chi connectivity index (χ2n) is 5.98. The smallest absolute Gasteiger partial charge is 0.191 e. The van der Waals surface area contributed by atoms with Crippen LogP contribution in [-0.4, -0.2) is 62.6 Å². The van der Waals surface area contributed by atoms with Crippen molar-refractivity contribution in [3.63, 3.8) is 0 Å². The first-order valence-corrected chi connectivity index (χ1v) is 9.21. The first kappa shape index (κ1) is 21.3. The third kappa shape index (κ3) is 9.84. The molecule has 1 fully saturated rings. The Morgan fingerprint density at radius 1 is 1.19 bits per heavy atom. The molecule has 0 spiro atoms. The Morgan fingerprint density at radius 3 is 2.38 bits per heavy atom. The fourth-order valence-electron chi connectivity index (χ4n) is 2.98. The van der Waals surface area contributed by atoms with Crippen molar-refractivity contribution in [1.82, 2.24) is 15.5 Å². The number of halogens is 1. The van der Waals surface area contributed by atoms with Crippen molar-refractivity contribution in [2.45, 2.75) is 26.7 Å². The van der Waals surface area contributed by atoms with Gasteiger partial charge in [-0.05, 0) is 37.5 Å². The number of thioether (sulfide) groups is 1. The van der Waals surface area contributed by atoms with Gasteiger partial charge in [-0.2, -0.15) is 11.8 Å². The summed E-state index contributed by atoms with van der Waals surface area (Å²) in [6.07, 6.45) is 4.70. The van der Waals surface area contributed by atoms with Gasteiger partial charge < -0.3 is 15.5 Å². The lowest BCUT2D eigenvalue weighted by molar-refractivity contribution is 0.140. The molecule has 1 rings (SSSR count). The van der Waals surface area contributed by atoms with Crippen molar-refractivity contribution in [2.24, 2.45) is 16.8 Å². The maximum absolute atomic E-state index is 4.24. The Bertz CT molecular complexity index is 279. The lowest BCUT2D eigenvalue weighted by atomic mass is 9.92. The lowest BCUT2D eigenvalue weighted by Gasteiger charge is -2.35. The van der Waals surface area contributed by atoms with Crippen molar-refractivity contribution in [3.05, 3.63) is 0 Å². The van der Waals surface area contributed by atoms with Crippen molar-refractivity contribution in [2.75, 3.05) is 51.8 Å². The average Bonchev–Trinajstić information content (AvgIpc) is 2.40. The number of aliphatic imine (C=N–C) groups is 1. The van der Waals surface area contributed by atoms with Gasteiger partial charge in [0.2, 0.25) is 0 Å². The monoisotopic (exact) mass is 428 g/mol. The topological polar surface area (TPSA) is 39.7 Å². The summed E-state index contributed by atoms with van der Waals surface area (Å²) >= 11 is 1.85. The van der Waals surface area contributed by atoms with E-state index in [0.29, 0.717) is 0 Å². The van der Waals surface area contributed by atoms with E-state index in [1.807, 2.05) is 18.8 Å². The summed E-state index contributed by atoms with van der Waals surface area (Å²) in [5.41, 5.74) is 0. The quantitative estimate of drug-likeness (QED) is 0.283. The minimum atomic E-state index is 0. The summed E-state index contributed by atoms with van der Waals surface area (Å²) in [5, 5.41) is 6.72. The standard InChI is InChI=1S/C15H32N4S.HI/c1-13-10-14(2)12-19(11-13)8-5-6-17-15(16-3)18-7-9-20-4;/h13-14H,5-12H2,1-4H3,(H2,16,17,18);1H. The molecule has 1 aliphatic heterocycles. The molecule has 4 nitrogen and oxygen atoms in total. The van der Waals surface area contributed by atoms with Gasteiger partial charge in [0, 0.05) is 39.0 Å². The van der Waals surface area contributed by atoms with Gasteiger partial charge in [-0.3, -0.25) is 4.99 Å². The number of hydrogen-bond donors (Lipinski definition) is 2. The van der Waals surface area contributed by atoms with Crippen molar-refractivity contribution >= 4 is 41.7 Å². The average molecular weight is 428 g/mol. The normalized spacial score (nSPS) is 23.5. The predicted molar refractivity (Wildman–Crippen MR) is 107 cm³/mol. The highest BCUT2D eigenvalue weighted by atomic mass is 127. The summed E-state index contributed by atoms with van der Waals surface area (Å²) in [6, 6.07) is 0. The van der Waals surface area contributed by atoms with E-state index in [0.717, 1.165) is 36.6 Å². The Labute approximate surface area is 152 Å². The highest BCUT2D eigenvalue weighted by molar-refractivity contribution is 14.0. The van der Waals surface area contributed by atoms with Crippen molar-refractivity contribution < 1.29 is 0 Å². The molecule has 126 valence electrons. The van der Waals surface area contributed by atoms with Crippen LogP contribution < -0.4 is 10.6 Å². The van der Waals surface area contributed by atoms with Gasteiger partial charge >= 0.3 is 0 Å². The second kappa shape index (κ2) is 12.8. The fraction of sp³-hybridized carbons (Fsp3) is 0.933. The molecule has 0 aromatic heterocycles. The van der Waals surface area contributed by atoms with Crippen molar-refractivity contribution in [1.29, 1.82) is 0 Å². The van der Waals surface area contributed by atoms with Gasteiger partial charge in [0.25, 0.3) is 0 Å². The van der Waals surface area contributed by atoms with Crippen LogP contribution in [0.5, 0.6) is 0 Å². The molecule has 0 amide bonds. The van der Waals surface area contributed by atoms with Gasteiger partial charge in [-0.25, -0.2) is 0 Å². The Kier molecular flexibility index (Phi) is 13.0. The number of likely N-dealkylation sites (tertiary alicyclic amines) is 1. The van der Waals surface area contributed by atoms with Crippen LogP contribution in [-0.2, 0) is 0 Å². The fourth-order valence-corrected chi connectivity index (χ4v) is 3.28. The molecule has 0 aromatic rings. The molecule has 2 unspecified atom stereocenters. The summed E-state index contributed by atoms with van der Waals surface area (Å²) in [4.78, 5) is 6.86. The molecule has 0 bridgehead atoms. The van der Waals surface area contributed by atoms with Gasteiger partial charge in [0.05, 0.1) is 0 Å². The first-order chi connectivity index (χ1) is 9.65. The lowest BCUT2D eigenvalue weighted by Crippen LogP contribution is -2.42. The van der Waals surface area contributed by atoms with E-state index in [2.05, 4.69) is 40.6 Å². The van der Waals surface area contributed by atoms with E-state index < -0.39 is 0 Å². The Morgan fingerprint density at radius 2 is 1.81 bits per heavy atom. The molecule has 21 heavy (non-hydrogen) atoms. The third-order valence-electron chi connectivity index (χ3n) is 3.71. The number of rotatable bonds is 7. The third-order valence-corrected chi connectivity index (χ3v) is 4.32. The van der Waals surface area contributed by atoms with Gasteiger partial charge in [0.15, 0.2) is 5.96 Å². The van der Waals surface area contributed by atoms with Crippen LogP contribution in [0.2, 0.25) is 0 Å². The van der Waals surface area contributed by atoms with Crippen LogP contribution in [0.4, 0.5) is 0 Å². The first-order valence-electron chi connectivity index (χ1n) is 7.81. The van der Waals surface area contributed by atoms with Crippen LogP contribution in [0.15, 0.2) is 4.99 Å². The maximum atomic E-state index is 4.24. The number of nitrogens with zero attached hydrogens (tertiary/aromatic N) is 2. The van der Waals surface area contributed by atoms with E-state index in [4.69, 9.17) is 0 Å². The Hall–Kier alpha value is 0.310. The van der Waals surface area contributed by atoms with Crippen LogP contribution in [0.1, 0.15) is 26.7 Å². The van der Waals surface area contributed by atoms with Crippen LogP contribution in [0.25, 0.3) is 0 Å². The molecule has 0 aromatic carbocycles. The van der Waals surface area contributed by atoms with Crippen LogP contribution in [0.3, 0.4) is 0 Å². The minimum absolute atomic E-state index is 0. The number of piperidine rings is 1. The molecule has 0 radical (unpaired) electrons. The van der Waals surface area contributed by atoms with Gasteiger partial charge in [0.1, 0.15) is 0 Å². The summed E-state index contributed by atoms with van der Waals surface area (Å²) in [7, 11) is 1.84. The Balaban J connectivity index is 0.00000400. The molecule has 2 N–H and O–H groups in total. The molecule has 0 aliphatic carbocycles. The zero-order chi connectivity index (χ0) is 14.8. The molecule has 1 heterocycles. The van der Waals surface area contributed by atoms with Crippen LogP contribution in [0, 0.1) is 11.8 Å². The largest absolute Gasteiger partial charge is 0.356 e. The summed E-state index contributed by atoms with van der Waals surface area (Å²) in [5.74, 6) is 3.75. The van der Waals surface area contributed by atoms with Gasteiger partial charge in [-0.15, -0.1) is 24.0 Å². The molecular formula is C15H33IN4S. The minimum Gasteiger partial charge on any atom is -0.356 e. The van der Waals surface area contributed by atoms with Crippen LogP contribution >= 0.6 is 35.7 Å². The molecule has 6 heteroatoms. The predicted octanol–water partition coefficient (Wildman–Crippen LogP) is 2.50. The highest BCUT2D eigenvalue weighted by Gasteiger charge is 2.20. The number of guanidine groups is 1. The molecule has 2 atom stereocenters. The molecule has 1 aliphatic rings. The van der Waals surface area contributed by atoms with Crippen molar-refractivity contribution in [3.8, 4) is 0 Å². The van der Waals surface area contributed by atoms with E-state index in [1.54, 1.807) is 0 Å². The SMILES string of the molecule is CN=C(NCCCN1CC(C)CC(C)C1)NCCSC.I. The van der Waals surface area contributed by atoms with E-state index in [-0.39, 0.29) is 24.0 Å². The molecule has 0 saturated carbocycles.